The SMILES string of the molecule is CN(Cc1nn(C)c2ccccc12)CC1CCCN1. The smallest absolute Gasteiger partial charge is 0.0843 e. The Bertz CT molecular complexity index is 554. The van der Waals surface area contributed by atoms with E-state index in [-0.39, 0.29) is 0 Å². The fourth-order valence-electron chi connectivity index (χ4n) is 3.01. The van der Waals surface area contributed by atoms with Gasteiger partial charge in [0, 0.05) is 31.6 Å². The van der Waals surface area contributed by atoms with E-state index in [0.29, 0.717) is 6.04 Å². The van der Waals surface area contributed by atoms with E-state index in [1.165, 1.54) is 36.0 Å². The Balaban J connectivity index is 1.73. The third-order valence-corrected chi connectivity index (χ3v) is 3.95. The molecule has 1 aromatic carbocycles. The van der Waals surface area contributed by atoms with Gasteiger partial charge < -0.3 is 5.32 Å². The van der Waals surface area contributed by atoms with Crippen molar-refractivity contribution in [3.05, 3.63) is 30.0 Å². The monoisotopic (exact) mass is 258 g/mol. The highest BCUT2D eigenvalue weighted by molar-refractivity contribution is 5.81. The minimum Gasteiger partial charge on any atom is -0.313 e. The third kappa shape index (κ3) is 2.65. The molecular weight excluding hydrogens is 236 g/mol. The Kier molecular flexibility index (Phi) is 3.53. The summed E-state index contributed by atoms with van der Waals surface area (Å²) in [7, 11) is 4.20. The summed E-state index contributed by atoms with van der Waals surface area (Å²) in [4.78, 5) is 2.37. The number of benzene rings is 1. The predicted molar refractivity (Wildman–Crippen MR) is 78.1 cm³/mol. The fourth-order valence-corrected chi connectivity index (χ4v) is 3.01. The van der Waals surface area contributed by atoms with E-state index >= 15 is 0 Å². The Labute approximate surface area is 114 Å². The van der Waals surface area contributed by atoms with Gasteiger partial charge >= 0.3 is 0 Å². The number of hydrogen-bond acceptors (Lipinski definition) is 3. The summed E-state index contributed by atoms with van der Waals surface area (Å²) < 4.78 is 1.98. The van der Waals surface area contributed by atoms with Gasteiger partial charge in [0.15, 0.2) is 0 Å². The van der Waals surface area contributed by atoms with E-state index in [2.05, 4.69) is 46.6 Å². The van der Waals surface area contributed by atoms with Crippen LogP contribution in [0.5, 0.6) is 0 Å². The van der Waals surface area contributed by atoms with Crippen molar-refractivity contribution in [3.8, 4) is 0 Å². The molecular formula is C15H22N4. The van der Waals surface area contributed by atoms with Gasteiger partial charge in [0.1, 0.15) is 0 Å². The maximum Gasteiger partial charge on any atom is 0.0843 e. The van der Waals surface area contributed by atoms with Crippen LogP contribution in [-0.4, -0.2) is 40.9 Å². The van der Waals surface area contributed by atoms with E-state index in [1.54, 1.807) is 0 Å². The van der Waals surface area contributed by atoms with Crippen molar-refractivity contribution in [2.24, 2.45) is 7.05 Å². The Morgan fingerprint density at radius 2 is 2.26 bits per heavy atom. The van der Waals surface area contributed by atoms with E-state index in [1.807, 2.05) is 11.7 Å². The number of rotatable bonds is 4. The molecule has 2 aromatic rings. The highest BCUT2D eigenvalue weighted by Crippen LogP contribution is 2.19. The first-order chi connectivity index (χ1) is 9.24. The molecule has 1 N–H and O–H groups in total. The Morgan fingerprint density at radius 3 is 3.05 bits per heavy atom. The first-order valence-corrected chi connectivity index (χ1v) is 7.06. The predicted octanol–water partition coefficient (Wildman–Crippen LogP) is 1.76. The Hall–Kier alpha value is -1.39. The van der Waals surface area contributed by atoms with Gasteiger partial charge in [-0.05, 0) is 32.5 Å². The van der Waals surface area contributed by atoms with Crippen LogP contribution < -0.4 is 5.32 Å². The minimum atomic E-state index is 0.653. The summed E-state index contributed by atoms with van der Waals surface area (Å²) in [5.74, 6) is 0. The molecule has 102 valence electrons. The number of hydrogen-bond donors (Lipinski definition) is 1. The van der Waals surface area contributed by atoms with Gasteiger partial charge in [0.2, 0.25) is 0 Å². The molecule has 4 nitrogen and oxygen atoms in total. The second-order valence-corrected chi connectivity index (χ2v) is 5.58. The van der Waals surface area contributed by atoms with E-state index in [0.717, 1.165) is 13.1 Å². The molecule has 4 heteroatoms. The summed E-state index contributed by atoms with van der Waals surface area (Å²) in [6.07, 6.45) is 2.61. The first-order valence-electron chi connectivity index (χ1n) is 7.06. The molecule has 3 rings (SSSR count). The fraction of sp³-hybridized carbons (Fsp3) is 0.533. The minimum absolute atomic E-state index is 0.653. The summed E-state index contributed by atoms with van der Waals surface area (Å²) in [5.41, 5.74) is 2.39. The lowest BCUT2D eigenvalue weighted by molar-refractivity contribution is 0.290. The number of aromatic nitrogens is 2. The molecule has 0 bridgehead atoms. The second-order valence-electron chi connectivity index (χ2n) is 5.58. The molecule has 1 unspecified atom stereocenters. The molecule has 0 radical (unpaired) electrons. The zero-order valence-corrected chi connectivity index (χ0v) is 11.8. The molecule has 0 amide bonds. The van der Waals surface area contributed by atoms with Crippen molar-refractivity contribution < 1.29 is 0 Å². The van der Waals surface area contributed by atoms with Crippen LogP contribution in [0, 0.1) is 0 Å². The van der Waals surface area contributed by atoms with Crippen LogP contribution >= 0.6 is 0 Å². The van der Waals surface area contributed by atoms with Gasteiger partial charge in [-0.15, -0.1) is 0 Å². The van der Waals surface area contributed by atoms with Gasteiger partial charge in [-0.3, -0.25) is 9.58 Å². The van der Waals surface area contributed by atoms with E-state index < -0.39 is 0 Å². The average Bonchev–Trinajstić information content (AvgIpc) is 3.00. The van der Waals surface area contributed by atoms with E-state index in [4.69, 9.17) is 0 Å². The van der Waals surface area contributed by atoms with Gasteiger partial charge in [0.25, 0.3) is 0 Å². The van der Waals surface area contributed by atoms with Crippen molar-refractivity contribution in [3.63, 3.8) is 0 Å². The Morgan fingerprint density at radius 1 is 1.42 bits per heavy atom. The van der Waals surface area contributed by atoms with Crippen LogP contribution in [0.3, 0.4) is 0 Å². The second kappa shape index (κ2) is 5.31. The summed E-state index contributed by atoms with van der Waals surface area (Å²) >= 11 is 0. The zero-order chi connectivity index (χ0) is 13.2. The molecule has 1 atom stereocenters. The van der Waals surface area contributed by atoms with Crippen LogP contribution in [0.2, 0.25) is 0 Å². The number of aryl methyl sites for hydroxylation is 1. The molecule has 0 saturated carbocycles. The number of nitrogens with one attached hydrogen (secondary N) is 1. The molecule has 0 spiro atoms. The van der Waals surface area contributed by atoms with Crippen molar-refractivity contribution in [2.45, 2.75) is 25.4 Å². The summed E-state index contributed by atoms with van der Waals surface area (Å²) in [6.45, 7) is 3.19. The number of fused-ring (bicyclic) bond motifs is 1. The standard InChI is InChI=1S/C15H22N4/c1-18(10-12-6-5-9-16-12)11-14-13-7-3-4-8-15(13)19(2)17-14/h3-4,7-8,12,16H,5-6,9-11H2,1-2H3. The number of nitrogens with zero attached hydrogens (tertiary/aromatic N) is 3. The van der Waals surface area contributed by atoms with Crippen LogP contribution in [-0.2, 0) is 13.6 Å². The molecule has 19 heavy (non-hydrogen) atoms. The van der Waals surface area contributed by atoms with Gasteiger partial charge in [-0.25, -0.2) is 0 Å². The molecule has 0 aliphatic carbocycles. The molecule has 1 saturated heterocycles. The van der Waals surface area contributed by atoms with Crippen molar-refractivity contribution in [1.82, 2.24) is 20.0 Å². The molecule has 1 aliphatic heterocycles. The highest BCUT2D eigenvalue weighted by Gasteiger charge is 2.17. The largest absolute Gasteiger partial charge is 0.313 e. The lowest BCUT2D eigenvalue weighted by Crippen LogP contribution is -2.35. The van der Waals surface area contributed by atoms with Crippen LogP contribution in [0.4, 0.5) is 0 Å². The normalized spacial score (nSPS) is 19.6. The van der Waals surface area contributed by atoms with Crippen LogP contribution in [0.15, 0.2) is 24.3 Å². The maximum absolute atomic E-state index is 4.66. The van der Waals surface area contributed by atoms with Gasteiger partial charge in [-0.1, -0.05) is 18.2 Å². The van der Waals surface area contributed by atoms with Crippen molar-refractivity contribution >= 4 is 10.9 Å². The first kappa shape index (κ1) is 12.6. The third-order valence-electron chi connectivity index (χ3n) is 3.95. The van der Waals surface area contributed by atoms with E-state index in [9.17, 15) is 0 Å². The molecule has 1 aliphatic rings. The molecule has 1 fully saturated rings. The number of likely N-dealkylation sites (N-methyl/N-ethyl adjacent to an activating group) is 1. The molecule has 1 aromatic heterocycles. The van der Waals surface area contributed by atoms with Gasteiger partial charge in [-0.2, -0.15) is 5.10 Å². The lowest BCUT2D eigenvalue weighted by atomic mass is 10.2. The average molecular weight is 258 g/mol. The highest BCUT2D eigenvalue weighted by atomic mass is 15.3. The zero-order valence-electron chi connectivity index (χ0n) is 11.8. The summed E-state index contributed by atoms with van der Waals surface area (Å²) in [6, 6.07) is 9.11. The maximum atomic E-state index is 4.66. The molecule has 2 heterocycles. The van der Waals surface area contributed by atoms with Crippen LogP contribution in [0.1, 0.15) is 18.5 Å². The van der Waals surface area contributed by atoms with Crippen LogP contribution in [0.25, 0.3) is 10.9 Å². The number of para-hydroxylation sites is 1. The van der Waals surface area contributed by atoms with Gasteiger partial charge in [0.05, 0.1) is 11.2 Å². The summed E-state index contributed by atoms with van der Waals surface area (Å²) in [5, 5.41) is 9.48. The topological polar surface area (TPSA) is 33.1 Å². The quantitative estimate of drug-likeness (QED) is 0.907. The van der Waals surface area contributed by atoms with Crippen molar-refractivity contribution in [2.75, 3.05) is 20.1 Å². The lowest BCUT2D eigenvalue weighted by Gasteiger charge is -2.20. The van der Waals surface area contributed by atoms with Crippen molar-refractivity contribution in [1.29, 1.82) is 0 Å².